The average molecular weight is 254 g/mol. The van der Waals surface area contributed by atoms with E-state index in [1.807, 2.05) is 18.2 Å². The third kappa shape index (κ3) is 3.05. The Morgan fingerprint density at radius 3 is 2.53 bits per heavy atom. The highest BCUT2D eigenvalue weighted by Crippen LogP contribution is 2.28. The van der Waals surface area contributed by atoms with Crippen molar-refractivity contribution in [3.63, 3.8) is 0 Å². The normalized spacial score (nSPS) is 17.4. The van der Waals surface area contributed by atoms with E-state index in [-0.39, 0.29) is 0 Å². The summed E-state index contributed by atoms with van der Waals surface area (Å²) in [4.78, 5) is 4.84. The maximum Gasteiger partial charge on any atom is 0.0660 e. The Kier molecular flexibility index (Phi) is 4.13. The van der Waals surface area contributed by atoms with Gasteiger partial charge in [-0.3, -0.25) is 4.90 Å². The number of hydrogen-bond donors (Lipinski definition) is 1. The lowest BCUT2D eigenvalue weighted by molar-refractivity contribution is 0.258. The fraction of sp³-hybridized carbons (Fsp3) is 0.538. The second-order valence-corrected chi connectivity index (χ2v) is 4.95. The Morgan fingerprint density at radius 1 is 1.24 bits per heavy atom. The van der Waals surface area contributed by atoms with Crippen LogP contribution in [0.25, 0.3) is 0 Å². The quantitative estimate of drug-likeness (QED) is 0.840. The number of benzene rings is 1. The van der Waals surface area contributed by atoms with E-state index in [0.29, 0.717) is 0 Å². The Bertz CT molecular complexity index is 373. The lowest BCUT2D eigenvalue weighted by atomic mass is 10.2. The molecule has 1 fully saturated rings. The van der Waals surface area contributed by atoms with Gasteiger partial charge in [-0.15, -0.1) is 0 Å². The van der Waals surface area contributed by atoms with Gasteiger partial charge in [-0.1, -0.05) is 18.5 Å². The summed E-state index contributed by atoms with van der Waals surface area (Å²) in [6.07, 6.45) is 1.22. The lowest BCUT2D eigenvalue weighted by Crippen LogP contribution is -2.46. The van der Waals surface area contributed by atoms with E-state index in [2.05, 4.69) is 16.7 Å². The van der Waals surface area contributed by atoms with E-state index in [0.717, 1.165) is 42.6 Å². The third-order valence-electron chi connectivity index (χ3n) is 3.22. The minimum atomic E-state index is 0.725. The molecule has 2 N–H and O–H groups in total. The fourth-order valence-corrected chi connectivity index (χ4v) is 2.62. The van der Waals surface area contributed by atoms with Crippen LogP contribution in [0.3, 0.4) is 0 Å². The highest BCUT2D eigenvalue weighted by atomic mass is 35.5. The molecule has 1 aliphatic heterocycles. The second kappa shape index (κ2) is 5.61. The molecule has 1 aromatic rings. The Labute approximate surface area is 108 Å². The zero-order chi connectivity index (χ0) is 12.3. The van der Waals surface area contributed by atoms with Gasteiger partial charge in [0.1, 0.15) is 0 Å². The summed E-state index contributed by atoms with van der Waals surface area (Å²) in [5.74, 6) is 0. The largest absolute Gasteiger partial charge is 0.399 e. The molecule has 0 radical (unpaired) electrons. The molecule has 0 saturated carbocycles. The lowest BCUT2D eigenvalue weighted by Gasteiger charge is -2.36. The highest BCUT2D eigenvalue weighted by Gasteiger charge is 2.18. The number of nitrogen functional groups attached to an aromatic ring is 1. The number of nitrogens with zero attached hydrogens (tertiary/aromatic N) is 2. The SMILES string of the molecule is CCCN1CCN(c2ccc(N)cc2Cl)CC1. The maximum absolute atomic E-state index is 6.23. The second-order valence-electron chi connectivity index (χ2n) is 4.54. The summed E-state index contributed by atoms with van der Waals surface area (Å²) in [5.41, 5.74) is 7.54. The van der Waals surface area contributed by atoms with Crippen LogP contribution in [-0.4, -0.2) is 37.6 Å². The van der Waals surface area contributed by atoms with Crippen molar-refractivity contribution in [3.8, 4) is 0 Å². The number of halogens is 1. The van der Waals surface area contributed by atoms with Gasteiger partial charge < -0.3 is 10.6 Å². The monoisotopic (exact) mass is 253 g/mol. The van der Waals surface area contributed by atoms with Gasteiger partial charge in [-0.05, 0) is 31.2 Å². The Morgan fingerprint density at radius 2 is 1.94 bits per heavy atom. The molecule has 0 amide bonds. The summed E-state index contributed by atoms with van der Waals surface area (Å²) in [5, 5.41) is 0.758. The first-order valence-corrected chi connectivity index (χ1v) is 6.61. The molecule has 17 heavy (non-hydrogen) atoms. The van der Waals surface area contributed by atoms with Crippen LogP contribution in [0.15, 0.2) is 18.2 Å². The molecule has 1 aliphatic rings. The van der Waals surface area contributed by atoms with Gasteiger partial charge >= 0.3 is 0 Å². The molecule has 94 valence electrons. The Hall–Kier alpha value is -0.930. The molecule has 0 atom stereocenters. The predicted molar refractivity (Wildman–Crippen MR) is 74.8 cm³/mol. The summed E-state index contributed by atoms with van der Waals surface area (Å²) >= 11 is 6.23. The summed E-state index contributed by atoms with van der Waals surface area (Å²) in [6, 6.07) is 5.77. The smallest absolute Gasteiger partial charge is 0.0660 e. The van der Waals surface area contributed by atoms with Crippen molar-refractivity contribution in [3.05, 3.63) is 23.2 Å². The molecule has 0 bridgehead atoms. The van der Waals surface area contributed by atoms with Crippen molar-refractivity contribution in [2.24, 2.45) is 0 Å². The van der Waals surface area contributed by atoms with E-state index < -0.39 is 0 Å². The van der Waals surface area contributed by atoms with Crippen molar-refractivity contribution < 1.29 is 0 Å². The minimum Gasteiger partial charge on any atom is -0.399 e. The van der Waals surface area contributed by atoms with Crippen molar-refractivity contribution in [1.29, 1.82) is 0 Å². The van der Waals surface area contributed by atoms with Crippen molar-refractivity contribution in [2.75, 3.05) is 43.4 Å². The number of nitrogens with two attached hydrogens (primary N) is 1. The fourth-order valence-electron chi connectivity index (χ4n) is 2.31. The highest BCUT2D eigenvalue weighted by molar-refractivity contribution is 6.33. The predicted octanol–water partition coefficient (Wildman–Crippen LogP) is 2.45. The van der Waals surface area contributed by atoms with E-state index in [9.17, 15) is 0 Å². The molecule has 4 heteroatoms. The van der Waals surface area contributed by atoms with Crippen LogP contribution in [0, 0.1) is 0 Å². The zero-order valence-electron chi connectivity index (χ0n) is 10.3. The molecule has 0 spiro atoms. The molecule has 1 saturated heterocycles. The van der Waals surface area contributed by atoms with Gasteiger partial charge in [0.05, 0.1) is 10.7 Å². The van der Waals surface area contributed by atoms with Crippen molar-refractivity contribution in [1.82, 2.24) is 4.90 Å². The summed E-state index contributed by atoms with van der Waals surface area (Å²) in [7, 11) is 0. The number of hydrogen-bond acceptors (Lipinski definition) is 3. The van der Waals surface area contributed by atoms with Gasteiger partial charge in [0.15, 0.2) is 0 Å². The van der Waals surface area contributed by atoms with Gasteiger partial charge in [0.2, 0.25) is 0 Å². The van der Waals surface area contributed by atoms with E-state index in [1.165, 1.54) is 13.0 Å². The molecule has 0 unspecified atom stereocenters. The first kappa shape index (κ1) is 12.5. The van der Waals surface area contributed by atoms with E-state index >= 15 is 0 Å². The van der Waals surface area contributed by atoms with Crippen LogP contribution in [0.5, 0.6) is 0 Å². The molecule has 0 aromatic heterocycles. The van der Waals surface area contributed by atoms with Crippen LogP contribution >= 0.6 is 11.6 Å². The molecule has 1 heterocycles. The van der Waals surface area contributed by atoms with E-state index in [1.54, 1.807) is 0 Å². The van der Waals surface area contributed by atoms with Gasteiger partial charge in [0.25, 0.3) is 0 Å². The van der Waals surface area contributed by atoms with Crippen LogP contribution in [0.1, 0.15) is 13.3 Å². The van der Waals surface area contributed by atoms with Gasteiger partial charge in [-0.25, -0.2) is 0 Å². The van der Waals surface area contributed by atoms with Crippen LogP contribution < -0.4 is 10.6 Å². The number of rotatable bonds is 3. The summed E-state index contributed by atoms with van der Waals surface area (Å²) in [6.45, 7) is 7.75. The molecule has 1 aromatic carbocycles. The first-order valence-electron chi connectivity index (χ1n) is 6.23. The van der Waals surface area contributed by atoms with Gasteiger partial charge in [-0.2, -0.15) is 0 Å². The number of piperazine rings is 1. The van der Waals surface area contributed by atoms with E-state index in [4.69, 9.17) is 17.3 Å². The average Bonchev–Trinajstić information content (AvgIpc) is 2.31. The summed E-state index contributed by atoms with van der Waals surface area (Å²) < 4.78 is 0. The van der Waals surface area contributed by atoms with Crippen LogP contribution in [-0.2, 0) is 0 Å². The molecule has 0 aliphatic carbocycles. The van der Waals surface area contributed by atoms with Crippen molar-refractivity contribution >= 4 is 23.0 Å². The molecule has 3 nitrogen and oxygen atoms in total. The van der Waals surface area contributed by atoms with Crippen LogP contribution in [0.2, 0.25) is 5.02 Å². The van der Waals surface area contributed by atoms with Gasteiger partial charge in [0, 0.05) is 31.9 Å². The minimum absolute atomic E-state index is 0.725. The van der Waals surface area contributed by atoms with Crippen molar-refractivity contribution in [2.45, 2.75) is 13.3 Å². The van der Waals surface area contributed by atoms with Crippen LogP contribution in [0.4, 0.5) is 11.4 Å². The Balaban J connectivity index is 2.00. The maximum atomic E-state index is 6.23. The zero-order valence-corrected chi connectivity index (χ0v) is 11.1. The molecule has 2 rings (SSSR count). The molecular formula is C13H20ClN3. The topological polar surface area (TPSA) is 32.5 Å². The molecular weight excluding hydrogens is 234 g/mol. The third-order valence-corrected chi connectivity index (χ3v) is 3.53. The first-order chi connectivity index (χ1) is 8.20. The standard InChI is InChI=1S/C13H20ClN3/c1-2-5-16-6-8-17(9-7-16)13-4-3-11(15)10-12(13)14/h3-4,10H,2,5-9,15H2,1H3. The number of anilines is 2.